The third-order valence-corrected chi connectivity index (χ3v) is 6.89. The Morgan fingerprint density at radius 3 is 2.68 bits per heavy atom. The van der Waals surface area contributed by atoms with Crippen molar-refractivity contribution in [2.75, 3.05) is 31.7 Å². The third-order valence-electron chi connectivity index (χ3n) is 5.72. The van der Waals surface area contributed by atoms with Crippen molar-refractivity contribution in [2.45, 2.75) is 25.4 Å². The van der Waals surface area contributed by atoms with Crippen LogP contribution in [0.15, 0.2) is 54.6 Å². The van der Waals surface area contributed by atoms with E-state index in [4.69, 9.17) is 4.74 Å². The van der Waals surface area contributed by atoms with Crippen molar-refractivity contribution in [3.05, 3.63) is 65.7 Å². The summed E-state index contributed by atoms with van der Waals surface area (Å²) in [7, 11) is 1.68. The number of ether oxygens (including phenoxy) is 1. The number of likely N-dealkylation sites (tertiary alicyclic amines) is 1. The van der Waals surface area contributed by atoms with Crippen LogP contribution >= 0.6 is 11.8 Å². The Hall–Kier alpha value is -1.98. The van der Waals surface area contributed by atoms with E-state index in [9.17, 15) is 4.79 Å². The molecule has 0 bridgehead atoms. The smallest absolute Gasteiger partial charge is 0.229 e. The molecule has 28 heavy (non-hydrogen) atoms. The number of nitrogens with one attached hydrogen (secondary N) is 1. The van der Waals surface area contributed by atoms with Gasteiger partial charge in [-0.1, -0.05) is 42.5 Å². The minimum absolute atomic E-state index is 0.215. The standard InChI is InChI=1S/C23H28N2O2S/c1-27-21-9-5-8-19(12-21)13-23(22(26)24-20-10-11-28-15-20)16-25(17-23)14-18-6-3-2-4-7-18/h2-9,12,20H,10-11,13-17H2,1H3,(H,24,26). The van der Waals surface area contributed by atoms with Gasteiger partial charge in [0.1, 0.15) is 5.75 Å². The summed E-state index contributed by atoms with van der Waals surface area (Å²) in [6, 6.07) is 18.9. The van der Waals surface area contributed by atoms with Crippen LogP contribution in [0, 0.1) is 5.41 Å². The summed E-state index contributed by atoms with van der Waals surface area (Å²) in [5, 5.41) is 3.34. The maximum absolute atomic E-state index is 13.3. The summed E-state index contributed by atoms with van der Waals surface area (Å²) < 4.78 is 5.38. The molecule has 4 rings (SSSR count). The van der Waals surface area contributed by atoms with Crippen LogP contribution in [0.5, 0.6) is 5.75 Å². The lowest BCUT2D eigenvalue weighted by atomic mass is 9.73. The van der Waals surface area contributed by atoms with Crippen LogP contribution in [0.1, 0.15) is 17.5 Å². The minimum atomic E-state index is -0.353. The maximum atomic E-state index is 13.3. The van der Waals surface area contributed by atoms with Crippen LogP contribution in [-0.4, -0.2) is 48.6 Å². The third kappa shape index (κ3) is 4.36. The average molecular weight is 397 g/mol. The summed E-state index contributed by atoms with van der Waals surface area (Å²) in [5.74, 6) is 3.25. The van der Waals surface area contributed by atoms with Gasteiger partial charge in [0.15, 0.2) is 0 Å². The van der Waals surface area contributed by atoms with E-state index >= 15 is 0 Å². The number of rotatable bonds is 7. The van der Waals surface area contributed by atoms with E-state index in [0.29, 0.717) is 6.04 Å². The first-order valence-corrected chi connectivity index (χ1v) is 11.1. The van der Waals surface area contributed by atoms with Crippen molar-refractivity contribution < 1.29 is 9.53 Å². The molecule has 2 fully saturated rings. The molecule has 1 atom stereocenters. The number of thioether (sulfide) groups is 1. The summed E-state index contributed by atoms with van der Waals surface area (Å²) in [6.45, 7) is 2.49. The van der Waals surface area contributed by atoms with Gasteiger partial charge in [0.2, 0.25) is 5.91 Å². The molecule has 2 heterocycles. The van der Waals surface area contributed by atoms with Crippen molar-refractivity contribution in [1.29, 1.82) is 0 Å². The fraction of sp³-hybridized carbons (Fsp3) is 0.435. The maximum Gasteiger partial charge on any atom is 0.229 e. The molecule has 5 heteroatoms. The number of carbonyl (C=O) groups excluding carboxylic acids is 1. The molecule has 2 aromatic carbocycles. The second kappa shape index (κ2) is 8.58. The summed E-state index contributed by atoms with van der Waals surface area (Å²) in [4.78, 5) is 15.7. The second-order valence-corrected chi connectivity index (χ2v) is 9.12. The molecule has 0 radical (unpaired) electrons. The number of amides is 1. The van der Waals surface area contributed by atoms with E-state index < -0.39 is 0 Å². The van der Waals surface area contributed by atoms with Crippen molar-refractivity contribution in [1.82, 2.24) is 10.2 Å². The lowest BCUT2D eigenvalue weighted by Crippen LogP contribution is -2.64. The Balaban J connectivity index is 1.47. The molecule has 0 saturated carbocycles. The van der Waals surface area contributed by atoms with Gasteiger partial charge in [0, 0.05) is 31.4 Å². The highest BCUT2D eigenvalue weighted by Crippen LogP contribution is 2.37. The van der Waals surface area contributed by atoms with Gasteiger partial charge in [-0.2, -0.15) is 11.8 Å². The molecule has 2 aliphatic rings. The van der Waals surface area contributed by atoms with Crippen LogP contribution in [0.4, 0.5) is 0 Å². The number of hydrogen-bond donors (Lipinski definition) is 1. The van der Waals surface area contributed by atoms with Crippen molar-refractivity contribution in [3.63, 3.8) is 0 Å². The molecule has 148 valence electrons. The summed E-state index contributed by atoms with van der Waals surface area (Å²) in [6.07, 6.45) is 1.83. The van der Waals surface area contributed by atoms with Crippen LogP contribution in [0.3, 0.4) is 0 Å². The van der Waals surface area contributed by atoms with Crippen LogP contribution in [0.25, 0.3) is 0 Å². The van der Waals surface area contributed by atoms with Crippen molar-refractivity contribution in [2.24, 2.45) is 5.41 Å². The van der Waals surface area contributed by atoms with Gasteiger partial charge in [0.05, 0.1) is 12.5 Å². The zero-order chi connectivity index (χ0) is 19.4. The van der Waals surface area contributed by atoms with Crippen LogP contribution < -0.4 is 10.1 Å². The lowest BCUT2D eigenvalue weighted by Gasteiger charge is -2.49. The van der Waals surface area contributed by atoms with Crippen LogP contribution in [0.2, 0.25) is 0 Å². The highest BCUT2D eigenvalue weighted by molar-refractivity contribution is 7.99. The Kier molecular flexibility index (Phi) is 5.93. The molecule has 2 saturated heterocycles. The van der Waals surface area contributed by atoms with E-state index in [2.05, 4.69) is 46.6 Å². The van der Waals surface area contributed by atoms with Gasteiger partial charge in [-0.25, -0.2) is 0 Å². The van der Waals surface area contributed by atoms with Gasteiger partial charge in [-0.05, 0) is 41.9 Å². The molecule has 1 unspecified atom stereocenters. The molecule has 0 spiro atoms. The number of methoxy groups -OCH3 is 1. The van der Waals surface area contributed by atoms with Gasteiger partial charge in [-0.3, -0.25) is 9.69 Å². The highest BCUT2D eigenvalue weighted by atomic mass is 32.2. The first-order chi connectivity index (χ1) is 13.7. The van der Waals surface area contributed by atoms with E-state index in [-0.39, 0.29) is 11.3 Å². The van der Waals surface area contributed by atoms with E-state index in [1.165, 1.54) is 5.56 Å². The fourth-order valence-electron chi connectivity index (χ4n) is 4.26. The Morgan fingerprint density at radius 2 is 1.96 bits per heavy atom. The Labute approximate surface area is 171 Å². The predicted octanol–water partition coefficient (Wildman–Crippen LogP) is 3.36. The zero-order valence-corrected chi connectivity index (χ0v) is 17.2. The zero-order valence-electron chi connectivity index (χ0n) is 16.4. The van der Waals surface area contributed by atoms with Gasteiger partial charge in [0.25, 0.3) is 0 Å². The highest BCUT2D eigenvalue weighted by Gasteiger charge is 2.49. The minimum Gasteiger partial charge on any atom is -0.497 e. The topological polar surface area (TPSA) is 41.6 Å². The van der Waals surface area contributed by atoms with Crippen LogP contribution in [-0.2, 0) is 17.8 Å². The summed E-state index contributed by atoms with van der Waals surface area (Å²) in [5.41, 5.74) is 2.11. The van der Waals surface area contributed by atoms with E-state index in [1.807, 2.05) is 30.0 Å². The normalized spacial score (nSPS) is 21.1. The molecule has 1 amide bonds. The molecule has 0 aromatic heterocycles. The SMILES string of the molecule is COc1cccc(CC2(C(=O)NC3CCSC3)CN(Cc3ccccc3)C2)c1. The molecule has 1 N–H and O–H groups in total. The van der Waals surface area contributed by atoms with Gasteiger partial charge < -0.3 is 10.1 Å². The number of nitrogens with zero attached hydrogens (tertiary/aromatic N) is 1. The van der Waals surface area contributed by atoms with E-state index in [0.717, 1.165) is 55.3 Å². The molecule has 2 aliphatic heterocycles. The van der Waals surface area contributed by atoms with Crippen molar-refractivity contribution >= 4 is 17.7 Å². The predicted molar refractivity (Wildman–Crippen MR) is 115 cm³/mol. The summed E-state index contributed by atoms with van der Waals surface area (Å²) >= 11 is 1.93. The number of benzene rings is 2. The van der Waals surface area contributed by atoms with E-state index in [1.54, 1.807) is 7.11 Å². The largest absolute Gasteiger partial charge is 0.497 e. The van der Waals surface area contributed by atoms with Gasteiger partial charge >= 0.3 is 0 Å². The average Bonchev–Trinajstić information content (AvgIpc) is 3.20. The molecule has 4 nitrogen and oxygen atoms in total. The van der Waals surface area contributed by atoms with Gasteiger partial charge in [-0.15, -0.1) is 0 Å². The quantitative estimate of drug-likeness (QED) is 0.779. The molecule has 0 aliphatic carbocycles. The second-order valence-electron chi connectivity index (χ2n) is 7.97. The Bertz CT molecular complexity index is 799. The molecular formula is C23H28N2O2S. The monoisotopic (exact) mass is 396 g/mol. The Morgan fingerprint density at radius 1 is 1.18 bits per heavy atom. The lowest BCUT2D eigenvalue weighted by molar-refractivity contribution is -0.143. The first-order valence-electron chi connectivity index (χ1n) is 9.95. The molecular weight excluding hydrogens is 368 g/mol. The van der Waals surface area contributed by atoms with Crippen molar-refractivity contribution in [3.8, 4) is 5.75 Å². The number of hydrogen-bond acceptors (Lipinski definition) is 4. The fourth-order valence-corrected chi connectivity index (χ4v) is 5.41. The first kappa shape index (κ1) is 19.3. The molecule has 2 aromatic rings. The number of carbonyl (C=O) groups is 1.